The molecule has 6 heteroatoms. The van der Waals surface area contributed by atoms with E-state index in [4.69, 9.17) is 4.74 Å². The summed E-state index contributed by atoms with van der Waals surface area (Å²) in [6, 6.07) is 6.67. The maximum atomic E-state index is 12.1. The summed E-state index contributed by atoms with van der Waals surface area (Å²) in [4.78, 5) is 23.7. The Balaban J connectivity index is 2.87. The maximum Gasteiger partial charge on any atom is 0.354 e. The van der Waals surface area contributed by atoms with E-state index < -0.39 is 5.97 Å². The number of nitrogens with zero attached hydrogens (tertiary/aromatic N) is 2. The molecule has 0 amide bonds. The van der Waals surface area contributed by atoms with Crippen molar-refractivity contribution >= 4 is 17.5 Å². The number of hydrazone groups is 1. The molecule has 0 atom stereocenters. The number of hydrogen-bond acceptors (Lipinski definition) is 6. The largest absolute Gasteiger partial charge is 0.497 e. The third-order valence-electron chi connectivity index (χ3n) is 2.48. The molecule has 1 aromatic rings. The first-order valence-electron chi connectivity index (χ1n) is 5.98. The quantitative estimate of drug-likeness (QED) is 0.340. The van der Waals surface area contributed by atoms with Crippen LogP contribution in [-0.4, -0.2) is 50.8 Å². The molecule has 6 nitrogen and oxygen atoms in total. The van der Waals surface area contributed by atoms with Crippen molar-refractivity contribution in [2.75, 3.05) is 28.3 Å². The van der Waals surface area contributed by atoms with Gasteiger partial charge in [-0.3, -0.25) is 4.79 Å². The lowest BCUT2D eigenvalue weighted by atomic mass is 10.1. The van der Waals surface area contributed by atoms with Crippen LogP contribution in [0.5, 0.6) is 5.75 Å². The molecule has 0 N–H and O–H groups in total. The number of ether oxygens (including phenoxy) is 2. The number of hydrogen-bond donors (Lipinski definition) is 0. The van der Waals surface area contributed by atoms with Gasteiger partial charge in [-0.1, -0.05) is 0 Å². The minimum Gasteiger partial charge on any atom is -0.497 e. The van der Waals surface area contributed by atoms with Crippen molar-refractivity contribution in [2.24, 2.45) is 5.10 Å². The molecule has 0 bridgehead atoms. The third-order valence-corrected chi connectivity index (χ3v) is 2.48. The number of benzene rings is 1. The Morgan fingerprint density at radius 2 is 1.75 bits per heavy atom. The predicted molar refractivity (Wildman–Crippen MR) is 75.1 cm³/mol. The molecule has 0 aliphatic rings. The highest BCUT2D eigenvalue weighted by atomic mass is 16.5. The molecule has 0 saturated carbocycles. The van der Waals surface area contributed by atoms with Crippen molar-refractivity contribution in [2.45, 2.75) is 6.42 Å². The van der Waals surface area contributed by atoms with Crippen molar-refractivity contribution < 1.29 is 19.1 Å². The van der Waals surface area contributed by atoms with Gasteiger partial charge in [-0.25, -0.2) is 4.79 Å². The molecule has 0 aliphatic carbocycles. The zero-order chi connectivity index (χ0) is 15.1. The number of Topliss-reactive ketones (excluding diaryl/α,β-unsaturated/α-hetero) is 1. The molecule has 20 heavy (non-hydrogen) atoms. The zero-order valence-corrected chi connectivity index (χ0v) is 12.0. The SMILES string of the molecule is COC(=O)/C(CC(=O)c1ccc(OC)cc1)=N/N(C)C. The number of ketones is 1. The highest BCUT2D eigenvalue weighted by Crippen LogP contribution is 2.13. The van der Waals surface area contributed by atoms with E-state index in [2.05, 4.69) is 9.84 Å². The van der Waals surface area contributed by atoms with Crippen LogP contribution in [0, 0.1) is 0 Å². The molecule has 0 aromatic heterocycles. The van der Waals surface area contributed by atoms with Gasteiger partial charge in [0.15, 0.2) is 11.5 Å². The topological polar surface area (TPSA) is 68.2 Å². The molecule has 1 rings (SSSR count). The Morgan fingerprint density at radius 3 is 2.20 bits per heavy atom. The third kappa shape index (κ3) is 4.38. The molecule has 0 spiro atoms. The number of rotatable bonds is 6. The summed E-state index contributed by atoms with van der Waals surface area (Å²) in [6.45, 7) is 0. The minimum atomic E-state index is -0.611. The lowest BCUT2D eigenvalue weighted by Crippen LogP contribution is -2.23. The highest BCUT2D eigenvalue weighted by Gasteiger charge is 2.18. The summed E-state index contributed by atoms with van der Waals surface area (Å²) >= 11 is 0. The van der Waals surface area contributed by atoms with Gasteiger partial charge in [0.05, 0.1) is 20.6 Å². The van der Waals surface area contributed by atoms with Crippen molar-refractivity contribution in [3.05, 3.63) is 29.8 Å². The lowest BCUT2D eigenvalue weighted by molar-refractivity contribution is -0.132. The predicted octanol–water partition coefficient (Wildman–Crippen LogP) is 1.36. The molecule has 0 fully saturated rings. The van der Waals surface area contributed by atoms with Gasteiger partial charge in [-0.15, -0.1) is 0 Å². The maximum absolute atomic E-state index is 12.1. The second-order valence-electron chi connectivity index (χ2n) is 4.21. The van der Waals surface area contributed by atoms with Crippen LogP contribution in [0.25, 0.3) is 0 Å². The minimum absolute atomic E-state index is 0.0679. The second-order valence-corrected chi connectivity index (χ2v) is 4.21. The van der Waals surface area contributed by atoms with Crippen LogP contribution in [0.4, 0.5) is 0 Å². The standard InChI is InChI=1S/C14H18N2O4/c1-16(2)15-12(14(18)20-4)9-13(17)10-5-7-11(19-3)8-6-10/h5-8H,9H2,1-4H3/b15-12+. The Hall–Kier alpha value is -2.37. The summed E-state index contributed by atoms with van der Waals surface area (Å²) in [5, 5.41) is 5.43. The first kappa shape index (κ1) is 15.7. The number of carbonyl (C=O) groups is 2. The van der Waals surface area contributed by atoms with E-state index in [1.807, 2.05) is 0 Å². The monoisotopic (exact) mass is 278 g/mol. The molecule has 0 saturated heterocycles. The van der Waals surface area contributed by atoms with E-state index in [-0.39, 0.29) is 17.9 Å². The molecular formula is C14H18N2O4. The van der Waals surface area contributed by atoms with Crippen molar-refractivity contribution in [1.82, 2.24) is 5.01 Å². The average molecular weight is 278 g/mol. The van der Waals surface area contributed by atoms with E-state index in [1.54, 1.807) is 45.5 Å². The summed E-state index contributed by atoms with van der Waals surface area (Å²) in [6.07, 6.45) is -0.114. The highest BCUT2D eigenvalue weighted by molar-refractivity contribution is 6.40. The van der Waals surface area contributed by atoms with Crippen molar-refractivity contribution in [1.29, 1.82) is 0 Å². The number of methoxy groups -OCH3 is 2. The Kier molecular flexibility index (Phi) is 5.71. The summed E-state index contributed by atoms with van der Waals surface area (Å²) in [5.74, 6) is -0.157. The van der Waals surface area contributed by atoms with Gasteiger partial charge in [0.25, 0.3) is 0 Å². The van der Waals surface area contributed by atoms with Crippen molar-refractivity contribution in [3.63, 3.8) is 0 Å². The van der Waals surface area contributed by atoms with Gasteiger partial charge in [-0.2, -0.15) is 5.10 Å². The van der Waals surface area contributed by atoms with Gasteiger partial charge in [0.1, 0.15) is 5.75 Å². The lowest BCUT2D eigenvalue weighted by Gasteiger charge is -2.09. The van der Waals surface area contributed by atoms with Crippen LogP contribution in [0.3, 0.4) is 0 Å². The van der Waals surface area contributed by atoms with E-state index >= 15 is 0 Å². The van der Waals surface area contributed by atoms with Crippen LogP contribution in [0.2, 0.25) is 0 Å². The Bertz CT molecular complexity index is 506. The molecule has 0 heterocycles. The normalized spacial score (nSPS) is 10.9. The summed E-state index contributed by atoms with van der Waals surface area (Å²) in [7, 11) is 6.14. The molecule has 108 valence electrons. The van der Waals surface area contributed by atoms with Crippen LogP contribution in [-0.2, 0) is 9.53 Å². The first-order valence-corrected chi connectivity index (χ1v) is 5.98. The van der Waals surface area contributed by atoms with Gasteiger partial charge in [-0.05, 0) is 24.3 Å². The molecular weight excluding hydrogens is 260 g/mol. The number of esters is 1. The first-order chi connectivity index (χ1) is 9.47. The number of carbonyl (C=O) groups excluding carboxylic acids is 2. The molecule has 0 unspecified atom stereocenters. The van der Waals surface area contributed by atoms with Crippen LogP contribution < -0.4 is 4.74 Å². The average Bonchev–Trinajstić information content (AvgIpc) is 2.45. The van der Waals surface area contributed by atoms with Gasteiger partial charge in [0.2, 0.25) is 0 Å². The Morgan fingerprint density at radius 1 is 1.15 bits per heavy atom. The summed E-state index contributed by atoms with van der Waals surface area (Å²) < 4.78 is 9.64. The fourth-order valence-corrected chi connectivity index (χ4v) is 1.54. The fraction of sp³-hybridized carbons (Fsp3) is 0.357. The molecule has 1 aromatic carbocycles. The van der Waals surface area contributed by atoms with Gasteiger partial charge < -0.3 is 14.5 Å². The van der Waals surface area contributed by atoms with Gasteiger partial charge >= 0.3 is 5.97 Å². The smallest absolute Gasteiger partial charge is 0.354 e. The zero-order valence-electron chi connectivity index (χ0n) is 12.0. The van der Waals surface area contributed by atoms with E-state index in [0.29, 0.717) is 11.3 Å². The molecule has 0 radical (unpaired) electrons. The second kappa shape index (κ2) is 7.28. The van der Waals surface area contributed by atoms with E-state index in [9.17, 15) is 9.59 Å². The van der Waals surface area contributed by atoms with Crippen LogP contribution >= 0.6 is 0 Å². The molecule has 0 aliphatic heterocycles. The van der Waals surface area contributed by atoms with E-state index in [1.165, 1.54) is 12.1 Å². The van der Waals surface area contributed by atoms with Crippen LogP contribution in [0.15, 0.2) is 29.4 Å². The van der Waals surface area contributed by atoms with E-state index in [0.717, 1.165) is 0 Å². The van der Waals surface area contributed by atoms with Crippen LogP contribution in [0.1, 0.15) is 16.8 Å². The van der Waals surface area contributed by atoms with Gasteiger partial charge in [0, 0.05) is 19.7 Å². The summed E-state index contributed by atoms with van der Waals surface area (Å²) in [5.41, 5.74) is 0.555. The Labute approximate surface area is 118 Å². The fourth-order valence-electron chi connectivity index (χ4n) is 1.54. The van der Waals surface area contributed by atoms with Crippen molar-refractivity contribution in [3.8, 4) is 5.75 Å².